The minimum atomic E-state index is -0.419. The second kappa shape index (κ2) is 6.09. The van der Waals surface area contributed by atoms with Gasteiger partial charge >= 0.3 is 0 Å². The number of aliphatic hydroxyl groups is 1. The molecule has 0 heterocycles. The molecule has 2 rings (SSSR count). The monoisotopic (exact) mass is 276 g/mol. The smallest absolute Gasteiger partial charge is 0.146 e. The van der Waals surface area contributed by atoms with E-state index in [0.29, 0.717) is 22.9 Å². The maximum absolute atomic E-state index is 9.72. The molecule has 1 atom stereocenters. The fourth-order valence-corrected chi connectivity index (χ4v) is 2.08. The number of rotatable bonds is 4. The third-order valence-electron chi connectivity index (χ3n) is 2.97. The zero-order valence-electron chi connectivity index (χ0n) is 11.1. The van der Waals surface area contributed by atoms with Crippen LogP contribution in [-0.2, 0) is 0 Å². The lowest BCUT2D eigenvalue weighted by Gasteiger charge is -2.11. The Bertz CT molecular complexity index is 549. The van der Waals surface area contributed by atoms with E-state index in [1.807, 2.05) is 56.3 Å². The highest BCUT2D eigenvalue weighted by Gasteiger charge is 2.06. The van der Waals surface area contributed by atoms with Gasteiger partial charge in [-0.05, 0) is 48.7 Å². The van der Waals surface area contributed by atoms with E-state index < -0.39 is 6.10 Å². The van der Waals surface area contributed by atoms with Crippen LogP contribution in [-0.4, -0.2) is 5.11 Å². The standard InChI is InChI=1S/C16H17ClO2/c1-3-15(18)12-5-7-13(8-6-12)19-16-9-4-11(2)10-14(16)17/h4-10,15,18H,3H2,1-2H3/t15-/m0/s1. The van der Waals surface area contributed by atoms with Crippen LogP contribution in [0.15, 0.2) is 42.5 Å². The van der Waals surface area contributed by atoms with Gasteiger partial charge in [-0.3, -0.25) is 0 Å². The minimum Gasteiger partial charge on any atom is -0.456 e. The summed E-state index contributed by atoms with van der Waals surface area (Å²) < 4.78 is 5.72. The minimum absolute atomic E-state index is 0.419. The molecule has 100 valence electrons. The molecule has 0 aliphatic heterocycles. The Morgan fingerprint density at radius 3 is 2.42 bits per heavy atom. The summed E-state index contributed by atoms with van der Waals surface area (Å²) in [6.07, 6.45) is 0.279. The van der Waals surface area contributed by atoms with Crippen LogP contribution < -0.4 is 4.74 Å². The van der Waals surface area contributed by atoms with Crippen LogP contribution in [0, 0.1) is 6.92 Å². The first-order valence-electron chi connectivity index (χ1n) is 6.32. The van der Waals surface area contributed by atoms with Crippen molar-refractivity contribution in [3.8, 4) is 11.5 Å². The van der Waals surface area contributed by atoms with Crippen molar-refractivity contribution in [2.75, 3.05) is 0 Å². The third-order valence-corrected chi connectivity index (χ3v) is 3.26. The first-order chi connectivity index (χ1) is 9.10. The van der Waals surface area contributed by atoms with Crippen molar-refractivity contribution in [2.45, 2.75) is 26.4 Å². The second-order valence-corrected chi connectivity index (χ2v) is 4.94. The van der Waals surface area contributed by atoms with Crippen LogP contribution in [0.25, 0.3) is 0 Å². The number of halogens is 1. The lowest BCUT2D eigenvalue weighted by molar-refractivity contribution is 0.173. The highest BCUT2D eigenvalue weighted by molar-refractivity contribution is 6.32. The molecule has 0 saturated heterocycles. The molecule has 0 aliphatic rings. The lowest BCUT2D eigenvalue weighted by Crippen LogP contribution is -1.94. The average molecular weight is 277 g/mol. The van der Waals surface area contributed by atoms with Crippen LogP contribution in [0.3, 0.4) is 0 Å². The molecule has 0 radical (unpaired) electrons. The summed E-state index contributed by atoms with van der Waals surface area (Å²) in [6, 6.07) is 13.1. The van der Waals surface area contributed by atoms with E-state index in [1.54, 1.807) is 0 Å². The Hall–Kier alpha value is -1.51. The summed E-state index contributed by atoms with van der Waals surface area (Å²) in [6.45, 7) is 3.93. The summed E-state index contributed by atoms with van der Waals surface area (Å²) in [5.41, 5.74) is 1.99. The van der Waals surface area contributed by atoms with Crippen LogP contribution in [0.4, 0.5) is 0 Å². The molecule has 2 aromatic rings. The van der Waals surface area contributed by atoms with Crippen molar-refractivity contribution in [2.24, 2.45) is 0 Å². The highest BCUT2D eigenvalue weighted by Crippen LogP contribution is 2.30. The Kier molecular flexibility index (Phi) is 4.46. The van der Waals surface area contributed by atoms with Crippen molar-refractivity contribution >= 4 is 11.6 Å². The van der Waals surface area contributed by atoms with E-state index in [2.05, 4.69) is 0 Å². The molecule has 2 nitrogen and oxygen atoms in total. The molecule has 19 heavy (non-hydrogen) atoms. The average Bonchev–Trinajstić information content (AvgIpc) is 2.42. The van der Waals surface area contributed by atoms with Gasteiger partial charge in [0.1, 0.15) is 11.5 Å². The van der Waals surface area contributed by atoms with Gasteiger partial charge in [-0.1, -0.05) is 36.7 Å². The van der Waals surface area contributed by atoms with Gasteiger partial charge in [-0.2, -0.15) is 0 Å². The molecular weight excluding hydrogens is 260 g/mol. The van der Waals surface area contributed by atoms with E-state index >= 15 is 0 Å². The van der Waals surface area contributed by atoms with Crippen LogP contribution >= 0.6 is 11.6 Å². The van der Waals surface area contributed by atoms with E-state index in [9.17, 15) is 5.11 Å². The van der Waals surface area contributed by atoms with Crippen molar-refractivity contribution in [1.82, 2.24) is 0 Å². The molecule has 0 unspecified atom stereocenters. The number of hydrogen-bond donors (Lipinski definition) is 1. The summed E-state index contributed by atoms with van der Waals surface area (Å²) in [5.74, 6) is 1.34. The lowest BCUT2D eigenvalue weighted by atomic mass is 10.1. The molecule has 0 amide bonds. The summed E-state index contributed by atoms with van der Waals surface area (Å²) in [5, 5.41) is 10.3. The van der Waals surface area contributed by atoms with E-state index in [0.717, 1.165) is 11.1 Å². The van der Waals surface area contributed by atoms with Crippen molar-refractivity contribution in [3.63, 3.8) is 0 Å². The quantitative estimate of drug-likeness (QED) is 0.862. The Balaban J connectivity index is 2.15. The summed E-state index contributed by atoms with van der Waals surface area (Å²) >= 11 is 6.12. The van der Waals surface area contributed by atoms with Gasteiger partial charge in [-0.15, -0.1) is 0 Å². The van der Waals surface area contributed by atoms with Crippen molar-refractivity contribution in [3.05, 3.63) is 58.6 Å². The summed E-state index contributed by atoms with van der Waals surface area (Å²) in [4.78, 5) is 0. The van der Waals surface area contributed by atoms with Gasteiger partial charge in [-0.25, -0.2) is 0 Å². The molecule has 0 spiro atoms. The maximum atomic E-state index is 9.72. The number of hydrogen-bond acceptors (Lipinski definition) is 2. The van der Waals surface area contributed by atoms with Gasteiger partial charge < -0.3 is 9.84 Å². The van der Waals surface area contributed by atoms with E-state index in [4.69, 9.17) is 16.3 Å². The molecule has 0 aromatic heterocycles. The number of aryl methyl sites for hydroxylation is 1. The first kappa shape index (κ1) is 13.9. The molecular formula is C16H17ClO2. The zero-order chi connectivity index (χ0) is 13.8. The van der Waals surface area contributed by atoms with Crippen molar-refractivity contribution in [1.29, 1.82) is 0 Å². The SMILES string of the molecule is CC[C@H](O)c1ccc(Oc2ccc(C)cc2Cl)cc1. The summed E-state index contributed by atoms with van der Waals surface area (Å²) in [7, 11) is 0. The second-order valence-electron chi connectivity index (χ2n) is 4.53. The van der Waals surface area contributed by atoms with Gasteiger partial charge in [0.05, 0.1) is 11.1 Å². The van der Waals surface area contributed by atoms with Crippen LogP contribution in [0.2, 0.25) is 5.02 Å². The largest absolute Gasteiger partial charge is 0.456 e. The maximum Gasteiger partial charge on any atom is 0.146 e. The highest BCUT2D eigenvalue weighted by atomic mass is 35.5. The van der Waals surface area contributed by atoms with Crippen molar-refractivity contribution < 1.29 is 9.84 Å². The molecule has 0 aliphatic carbocycles. The van der Waals surface area contributed by atoms with Crippen LogP contribution in [0.1, 0.15) is 30.6 Å². The third kappa shape index (κ3) is 3.49. The fourth-order valence-electron chi connectivity index (χ4n) is 1.81. The Labute approximate surface area is 118 Å². The molecule has 2 aromatic carbocycles. The fraction of sp³-hybridized carbons (Fsp3) is 0.250. The normalized spacial score (nSPS) is 12.2. The van der Waals surface area contributed by atoms with Gasteiger partial charge in [0.25, 0.3) is 0 Å². The molecule has 0 fully saturated rings. The van der Waals surface area contributed by atoms with Crippen LogP contribution in [0.5, 0.6) is 11.5 Å². The van der Waals surface area contributed by atoms with Gasteiger partial charge in [0, 0.05) is 0 Å². The molecule has 3 heteroatoms. The molecule has 0 saturated carbocycles. The predicted octanol–water partition coefficient (Wildman–Crippen LogP) is 4.88. The number of benzene rings is 2. The van der Waals surface area contributed by atoms with E-state index in [-0.39, 0.29) is 0 Å². The molecule has 0 bridgehead atoms. The zero-order valence-corrected chi connectivity index (χ0v) is 11.8. The number of ether oxygens (including phenoxy) is 1. The van der Waals surface area contributed by atoms with E-state index in [1.165, 1.54) is 0 Å². The first-order valence-corrected chi connectivity index (χ1v) is 6.70. The predicted molar refractivity (Wildman–Crippen MR) is 78.0 cm³/mol. The Morgan fingerprint density at radius 1 is 1.16 bits per heavy atom. The molecule has 1 N–H and O–H groups in total. The van der Waals surface area contributed by atoms with Gasteiger partial charge in [0.15, 0.2) is 0 Å². The number of aliphatic hydroxyl groups excluding tert-OH is 1. The topological polar surface area (TPSA) is 29.5 Å². The Morgan fingerprint density at radius 2 is 1.84 bits per heavy atom. The van der Waals surface area contributed by atoms with Gasteiger partial charge in [0.2, 0.25) is 0 Å².